The molecule has 2 rings (SSSR count). The number of nitrogens with one attached hydrogen (secondary N) is 2. The van der Waals surface area contributed by atoms with Gasteiger partial charge in [-0.3, -0.25) is 9.59 Å². The summed E-state index contributed by atoms with van der Waals surface area (Å²) in [6.07, 6.45) is 3.06. The minimum Gasteiger partial charge on any atom is -0.497 e. The summed E-state index contributed by atoms with van der Waals surface area (Å²) in [6, 6.07) is 17.5. The molecular formula is C22H28N2O3. The van der Waals surface area contributed by atoms with Crippen LogP contribution in [0.4, 0.5) is 0 Å². The minimum atomic E-state index is -0.191. The second-order valence-electron chi connectivity index (χ2n) is 6.48. The molecule has 27 heavy (non-hydrogen) atoms. The Hall–Kier alpha value is -2.82. The number of hydrogen-bond acceptors (Lipinski definition) is 3. The summed E-state index contributed by atoms with van der Waals surface area (Å²) in [5.41, 5.74) is 2.06. The Morgan fingerprint density at radius 1 is 0.926 bits per heavy atom. The molecule has 0 aliphatic heterocycles. The Balaban J connectivity index is 1.93. The minimum absolute atomic E-state index is 0.0158. The van der Waals surface area contributed by atoms with Crippen molar-refractivity contribution in [1.29, 1.82) is 0 Å². The largest absolute Gasteiger partial charge is 0.497 e. The van der Waals surface area contributed by atoms with Crippen molar-refractivity contribution in [3.8, 4) is 5.75 Å². The van der Waals surface area contributed by atoms with E-state index in [2.05, 4.69) is 10.6 Å². The van der Waals surface area contributed by atoms with Gasteiger partial charge in [-0.1, -0.05) is 48.9 Å². The zero-order valence-electron chi connectivity index (χ0n) is 16.0. The summed E-state index contributed by atoms with van der Waals surface area (Å²) in [7, 11) is 1.64. The smallest absolute Gasteiger partial charge is 0.220 e. The van der Waals surface area contributed by atoms with Gasteiger partial charge in [0.25, 0.3) is 0 Å². The summed E-state index contributed by atoms with van der Waals surface area (Å²) < 4.78 is 5.22. The molecule has 2 aromatic carbocycles. The zero-order chi connectivity index (χ0) is 19.5. The lowest BCUT2D eigenvalue weighted by Gasteiger charge is -2.20. The fraction of sp³-hybridized carbons (Fsp3) is 0.364. The molecule has 0 aromatic heterocycles. The number of rotatable bonds is 10. The predicted octanol–water partition coefficient (Wildman–Crippen LogP) is 3.60. The maximum atomic E-state index is 12.5. The van der Waals surface area contributed by atoms with Crippen molar-refractivity contribution >= 4 is 11.8 Å². The van der Waals surface area contributed by atoms with Crippen LogP contribution in [0.3, 0.4) is 0 Å². The molecule has 144 valence electrons. The van der Waals surface area contributed by atoms with Crippen LogP contribution in [-0.2, 0) is 9.59 Å². The highest BCUT2D eigenvalue weighted by atomic mass is 16.5. The third-order valence-electron chi connectivity index (χ3n) is 4.34. The zero-order valence-corrected chi connectivity index (χ0v) is 16.0. The van der Waals surface area contributed by atoms with Crippen molar-refractivity contribution in [2.24, 2.45) is 0 Å². The lowest BCUT2D eigenvalue weighted by atomic mass is 9.98. The van der Waals surface area contributed by atoms with Crippen molar-refractivity contribution in [2.75, 3.05) is 13.7 Å². The van der Waals surface area contributed by atoms with Crippen molar-refractivity contribution in [2.45, 2.75) is 38.6 Å². The molecule has 0 saturated heterocycles. The SMILES string of the molecule is COc1ccc(C(NC(=O)CCCCCNC(C)=O)c2ccccc2)cc1. The molecule has 0 aliphatic rings. The molecule has 0 spiro atoms. The molecule has 0 heterocycles. The van der Waals surface area contributed by atoms with Crippen LogP contribution in [0.15, 0.2) is 54.6 Å². The van der Waals surface area contributed by atoms with E-state index in [0.717, 1.165) is 36.1 Å². The highest BCUT2D eigenvalue weighted by molar-refractivity contribution is 5.77. The molecule has 0 saturated carbocycles. The van der Waals surface area contributed by atoms with Gasteiger partial charge in [0, 0.05) is 19.9 Å². The Kier molecular flexibility index (Phi) is 8.36. The third-order valence-corrected chi connectivity index (χ3v) is 4.34. The van der Waals surface area contributed by atoms with Gasteiger partial charge in [-0.15, -0.1) is 0 Å². The lowest BCUT2D eigenvalue weighted by molar-refractivity contribution is -0.122. The molecular weight excluding hydrogens is 340 g/mol. The van der Waals surface area contributed by atoms with Crippen LogP contribution in [0.1, 0.15) is 49.8 Å². The van der Waals surface area contributed by atoms with E-state index in [4.69, 9.17) is 4.74 Å². The fourth-order valence-corrected chi connectivity index (χ4v) is 2.89. The van der Waals surface area contributed by atoms with Crippen molar-refractivity contribution in [3.63, 3.8) is 0 Å². The molecule has 2 aromatic rings. The Bertz CT molecular complexity index is 714. The topological polar surface area (TPSA) is 67.4 Å². The number of benzene rings is 2. The van der Waals surface area contributed by atoms with Gasteiger partial charge in [-0.25, -0.2) is 0 Å². The van der Waals surface area contributed by atoms with Crippen LogP contribution < -0.4 is 15.4 Å². The average Bonchev–Trinajstić information content (AvgIpc) is 2.69. The van der Waals surface area contributed by atoms with E-state index in [9.17, 15) is 9.59 Å². The van der Waals surface area contributed by atoms with Crippen LogP contribution in [0.5, 0.6) is 5.75 Å². The fourth-order valence-electron chi connectivity index (χ4n) is 2.89. The van der Waals surface area contributed by atoms with E-state index >= 15 is 0 Å². The number of hydrogen-bond donors (Lipinski definition) is 2. The predicted molar refractivity (Wildman–Crippen MR) is 107 cm³/mol. The van der Waals surface area contributed by atoms with Gasteiger partial charge in [-0.2, -0.15) is 0 Å². The van der Waals surface area contributed by atoms with E-state index in [0.29, 0.717) is 13.0 Å². The highest BCUT2D eigenvalue weighted by Gasteiger charge is 2.16. The lowest BCUT2D eigenvalue weighted by Crippen LogP contribution is -2.29. The highest BCUT2D eigenvalue weighted by Crippen LogP contribution is 2.24. The van der Waals surface area contributed by atoms with Crippen LogP contribution in [0, 0.1) is 0 Å². The van der Waals surface area contributed by atoms with Gasteiger partial charge in [0.05, 0.1) is 13.2 Å². The molecule has 0 aliphatic carbocycles. The quantitative estimate of drug-likeness (QED) is 0.630. The van der Waals surface area contributed by atoms with Crippen LogP contribution in [0.25, 0.3) is 0 Å². The average molecular weight is 368 g/mol. The Morgan fingerprint density at radius 2 is 1.59 bits per heavy atom. The van der Waals surface area contributed by atoms with Gasteiger partial charge in [0.2, 0.25) is 11.8 Å². The van der Waals surface area contributed by atoms with Crippen LogP contribution in [0.2, 0.25) is 0 Å². The number of ether oxygens (including phenoxy) is 1. The van der Waals surface area contributed by atoms with Crippen molar-refractivity contribution in [1.82, 2.24) is 10.6 Å². The van der Waals surface area contributed by atoms with Gasteiger partial charge < -0.3 is 15.4 Å². The summed E-state index contributed by atoms with van der Waals surface area (Å²) in [6.45, 7) is 2.17. The van der Waals surface area contributed by atoms with E-state index in [-0.39, 0.29) is 17.9 Å². The summed E-state index contributed by atoms with van der Waals surface area (Å²) >= 11 is 0. The number of amides is 2. The molecule has 2 N–H and O–H groups in total. The van der Waals surface area contributed by atoms with Gasteiger partial charge in [-0.05, 0) is 36.1 Å². The van der Waals surface area contributed by atoms with Crippen molar-refractivity contribution < 1.29 is 14.3 Å². The van der Waals surface area contributed by atoms with Crippen molar-refractivity contribution in [3.05, 3.63) is 65.7 Å². The molecule has 1 unspecified atom stereocenters. The van der Waals surface area contributed by atoms with Gasteiger partial charge >= 0.3 is 0 Å². The maximum absolute atomic E-state index is 12.5. The molecule has 2 amide bonds. The van der Waals surface area contributed by atoms with E-state index in [1.807, 2.05) is 54.6 Å². The third kappa shape index (κ3) is 7.13. The standard InChI is InChI=1S/C22H28N2O3/c1-17(25)23-16-8-4-7-11-21(26)24-22(18-9-5-3-6-10-18)19-12-14-20(27-2)15-13-19/h3,5-6,9-10,12-15,22H,4,7-8,11,16H2,1-2H3,(H,23,25)(H,24,26). The summed E-state index contributed by atoms with van der Waals surface area (Å²) in [5.74, 6) is 0.799. The first-order chi connectivity index (χ1) is 13.1. The first-order valence-electron chi connectivity index (χ1n) is 9.33. The molecule has 0 bridgehead atoms. The molecule has 1 atom stereocenters. The Morgan fingerprint density at radius 3 is 2.22 bits per heavy atom. The molecule has 0 radical (unpaired) electrons. The monoisotopic (exact) mass is 368 g/mol. The normalized spacial score (nSPS) is 11.5. The van der Waals surface area contributed by atoms with E-state index in [1.54, 1.807) is 7.11 Å². The van der Waals surface area contributed by atoms with Crippen LogP contribution >= 0.6 is 0 Å². The number of unbranched alkanes of at least 4 members (excludes halogenated alkanes) is 2. The number of carbonyl (C=O) groups is 2. The van der Waals surface area contributed by atoms with Gasteiger partial charge in [0.15, 0.2) is 0 Å². The Labute approximate surface area is 161 Å². The summed E-state index contributed by atoms with van der Waals surface area (Å²) in [4.78, 5) is 23.3. The second-order valence-corrected chi connectivity index (χ2v) is 6.48. The number of methoxy groups -OCH3 is 1. The molecule has 0 fully saturated rings. The van der Waals surface area contributed by atoms with Crippen LogP contribution in [-0.4, -0.2) is 25.5 Å². The van der Waals surface area contributed by atoms with E-state index in [1.165, 1.54) is 6.92 Å². The van der Waals surface area contributed by atoms with E-state index < -0.39 is 0 Å². The molecule has 5 heteroatoms. The summed E-state index contributed by atoms with van der Waals surface area (Å²) in [5, 5.41) is 5.92. The molecule has 5 nitrogen and oxygen atoms in total. The number of carbonyl (C=O) groups excluding carboxylic acids is 2. The van der Waals surface area contributed by atoms with Gasteiger partial charge in [0.1, 0.15) is 5.75 Å². The second kappa shape index (κ2) is 11.0. The maximum Gasteiger partial charge on any atom is 0.220 e. The first kappa shape index (κ1) is 20.5. The first-order valence-corrected chi connectivity index (χ1v) is 9.33.